The van der Waals surface area contributed by atoms with Crippen LogP contribution in [-0.4, -0.2) is 30.5 Å². The zero-order valence-electron chi connectivity index (χ0n) is 19.0. The first-order valence-corrected chi connectivity index (χ1v) is 13.6. The molecule has 0 aliphatic rings. The first kappa shape index (κ1) is 25.1. The van der Waals surface area contributed by atoms with E-state index in [9.17, 15) is 13.2 Å². The van der Waals surface area contributed by atoms with Crippen molar-refractivity contribution in [1.82, 2.24) is 9.71 Å². The molecule has 1 atom stereocenters. The monoisotopic (exact) mass is 526 g/mol. The molecule has 0 aliphatic heterocycles. The van der Waals surface area contributed by atoms with E-state index in [0.29, 0.717) is 5.02 Å². The topological polar surface area (TPSA) is 96.4 Å². The molecule has 1 heterocycles. The number of hydrogen-bond acceptors (Lipinski definition) is 5. The summed E-state index contributed by atoms with van der Waals surface area (Å²) in [6, 6.07) is 20.8. The van der Waals surface area contributed by atoms with Crippen LogP contribution in [0.1, 0.15) is 19.4 Å². The number of aromatic nitrogens is 1. The van der Waals surface area contributed by atoms with Gasteiger partial charge in [0.15, 0.2) is 0 Å². The lowest BCUT2D eigenvalue weighted by Crippen LogP contribution is -2.38. The second kappa shape index (κ2) is 10.3. The minimum absolute atomic E-state index is 0.0204. The number of hydrogen-bond donors (Lipinski definition) is 2. The van der Waals surface area contributed by atoms with Gasteiger partial charge in [-0.3, -0.25) is 4.79 Å². The number of carboxylic acid groups (broad SMARTS) is 1. The Labute approximate surface area is 213 Å². The highest BCUT2D eigenvalue weighted by Crippen LogP contribution is 2.41. The van der Waals surface area contributed by atoms with Crippen molar-refractivity contribution in [3.63, 3.8) is 0 Å². The summed E-state index contributed by atoms with van der Waals surface area (Å²) in [7, 11) is -3.98. The van der Waals surface area contributed by atoms with E-state index in [-0.39, 0.29) is 4.90 Å². The van der Waals surface area contributed by atoms with Crippen molar-refractivity contribution in [1.29, 1.82) is 0 Å². The van der Waals surface area contributed by atoms with Crippen LogP contribution in [0.2, 0.25) is 5.02 Å². The fourth-order valence-electron chi connectivity index (χ4n) is 3.46. The standard InChI is InChI=1S/C26H23ClN2O4S2/c1-3-17-4-6-20(7-5-17)25-28-23(24(34-25)19-8-12-21(27)13-9-19)18-10-14-22(15-11-18)35(32,33)29-16(2)26(30)31/h4-16,29H,3H2,1-2H3,(H,30,31)/t16-/m0/s1. The number of aliphatic carboxylic acids is 1. The second-order valence-electron chi connectivity index (χ2n) is 7.96. The Bertz CT molecular complexity index is 1450. The molecule has 0 amide bonds. The third-order valence-corrected chi connectivity index (χ3v) is 8.45. The van der Waals surface area contributed by atoms with Gasteiger partial charge in [-0.1, -0.05) is 67.1 Å². The SMILES string of the molecule is CCc1ccc(-c2nc(-c3ccc(S(=O)(=O)N[C@@H](C)C(=O)O)cc3)c(-c3ccc(Cl)cc3)s2)cc1. The molecule has 0 unspecified atom stereocenters. The molecular formula is C26H23ClN2O4S2. The van der Waals surface area contributed by atoms with Gasteiger partial charge in [-0.2, -0.15) is 4.72 Å². The number of rotatable bonds is 8. The quantitative estimate of drug-likeness (QED) is 0.288. The Hall–Kier alpha value is -3.04. The van der Waals surface area contributed by atoms with E-state index < -0.39 is 22.0 Å². The molecule has 0 saturated heterocycles. The van der Waals surface area contributed by atoms with E-state index in [1.165, 1.54) is 24.6 Å². The highest BCUT2D eigenvalue weighted by Gasteiger charge is 2.22. The van der Waals surface area contributed by atoms with Crippen LogP contribution in [-0.2, 0) is 21.2 Å². The van der Waals surface area contributed by atoms with Crippen molar-refractivity contribution >= 4 is 38.9 Å². The molecule has 35 heavy (non-hydrogen) atoms. The van der Waals surface area contributed by atoms with Gasteiger partial charge in [-0.25, -0.2) is 13.4 Å². The average Bonchev–Trinajstić information content (AvgIpc) is 3.30. The van der Waals surface area contributed by atoms with Gasteiger partial charge in [-0.05, 0) is 48.7 Å². The van der Waals surface area contributed by atoms with Crippen LogP contribution in [0.4, 0.5) is 0 Å². The third kappa shape index (κ3) is 5.62. The van der Waals surface area contributed by atoms with Gasteiger partial charge in [0, 0.05) is 16.1 Å². The Morgan fingerprint density at radius 3 is 2.11 bits per heavy atom. The first-order valence-electron chi connectivity index (χ1n) is 10.9. The molecule has 9 heteroatoms. The fraction of sp³-hybridized carbons (Fsp3) is 0.154. The van der Waals surface area contributed by atoms with Crippen LogP contribution >= 0.6 is 22.9 Å². The average molecular weight is 527 g/mol. The smallest absolute Gasteiger partial charge is 0.321 e. The van der Waals surface area contributed by atoms with Gasteiger partial charge >= 0.3 is 5.97 Å². The number of benzene rings is 3. The number of aryl methyl sites for hydroxylation is 1. The Morgan fingerprint density at radius 1 is 0.971 bits per heavy atom. The number of sulfonamides is 1. The van der Waals surface area contributed by atoms with Crippen molar-refractivity contribution in [2.24, 2.45) is 0 Å². The Balaban J connectivity index is 1.75. The summed E-state index contributed by atoms with van der Waals surface area (Å²) in [6.45, 7) is 3.38. The number of nitrogens with zero attached hydrogens (tertiary/aromatic N) is 1. The van der Waals surface area contributed by atoms with Crippen LogP contribution in [0.15, 0.2) is 77.7 Å². The minimum Gasteiger partial charge on any atom is -0.480 e. The second-order valence-corrected chi connectivity index (χ2v) is 11.1. The summed E-state index contributed by atoms with van der Waals surface area (Å²) in [5.41, 5.74) is 4.66. The van der Waals surface area contributed by atoms with Gasteiger partial charge in [0.25, 0.3) is 0 Å². The molecule has 0 aliphatic carbocycles. The van der Waals surface area contributed by atoms with Gasteiger partial charge in [0.2, 0.25) is 10.0 Å². The number of carbonyl (C=O) groups is 1. The van der Waals surface area contributed by atoms with Crippen molar-refractivity contribution in [3.8, 4) is 32.3 Å². The molecule has 3 aromatic carbocycles. The lowest BCUT2D eigenvalue weighted by molar-refractivity contribution is -0.138. The zero-order valence-corrected chi connectivity index (χ0v) is 21.4. The maximum absolute atomic E-state index is 12.6. The highest BCUT2D eigenvalue weighted by atomic mass is 35.5. The molecule has 4 rings (SSSR count). The van der Waals surface area contributed by atoms with Crippen molar-refractivity contribution < 1.29 is 18.3 Å². The highest BCUT2D eigenvalue weighted by molar-refractivity contribution is 7.89. The Kier molecular flexibility index (Phi) is 7.37. The molecule has 6 nitrogen and oxygen atoms in total. The normalized spacial score (nSPS) is 12.4. The third-order valence-electron chi connectivity index (χ3n) is 5.48. The number of halogens is 1. The minimum atomic E-state index is -3.98. The van der Waals surface area contributed by atoms with E-state index in [1.54, 1.807) is 23.5 Å². The predicted octanol–water partition coefficient (Wildman–Crippen LogP) is 6.11. The van der Waals surface area contributed by atoms with Crippen LogP contribution in [0.5, 0.6) is 0 Å². The molecule has 0 radical (unpaired) electrons. The summed E-state index contributed by atoms with van der Waals surface area (Å²) in [4.78, 5) is 16.9. The fourth-order valence-corrected chi connectivity index (χ4v) is 5.88. The molecule has 0 bridgehead atoms. The number of thiazole rings is 1. The van der Waals surface area contributed by atoms with Crippen molar-refractivity contribution in [3.05, 3.63) is 83.4 Å². The van der Waals surface area contributed by atoms with Crippen LogP contribution in [0, 0.1) is 0 Å². The van der Waals surface area contributed by atoms with Crippen LogP contribution < -0.4 is 4.72 Å². The van der Waals surface area contributed by atoms with Crippen LogP contribution in [0.25, 0.3) is 32.3 Å². The summed E-state index contributed by atoms with van der Waals surface area (Å²) in [5.74, 6) is -1.25. The predicted molar refractivity (Wildman–Crippen MR) is 140 cm³/mol. The summed E-state index contributed by atoms with van der Waals surface area (Å²) in [6.07, 6.45) is 0.953. The zero-order chi connectivity index (χ0) is 25.2. The number of nitrogens with one attached hydrogen (secondary N) is 1. The van der Waals surface area contributed by atoms with Crippen molar-refractivity contribution in [2.45, 2.75) is 31.2 Å². The van der Waals surface area contributed by atoms with E-state index in [4.69, 9.17) is 21.7 Å². The van der Waals surface area contributed by atoms with Gasteiger partial charge in [0.05, 0.1) is 15.5 Å². The molecular weight excluding hydrogens is 504 g/mol. The first-order chi connectivity index (χ1) is 16.7. The molecule has 0 fully saturated rings. The van der Waals surface area contributed by atoms with Gasteiger partial charge in [-0.15, -0.1) is 11.3 Å². The van der Waals surface area contributed by atoms with E-state index >= 15 is 0 Å². The summed E-state index contributed by atoms with van der Waals surface area (Å²) < 4.78 is 27.3. The summed E-state index contributed by atoms with van der Waals surface area (Å²) in [5, 5.41) is 10.5. The molecule has 0 spiro atoms. The Morgan fingerprint density at radius 2 is 1.54 bits per heavy atom. The summed E-state index contributed by atoms with van der Waals surface area (Å²) >= 11 is 7.64. The molecule has 0 saturated carbocycles. The largest absolute Gasteiger partial charge is 0.480 e. The van der Waals surface area contributed by atoms with E-state index in [2.05, 4.69) is 35.9 Å². The van der Waals surface area contributed by atoms with Gasteiger partial charge < -0.3 is 5.11 Å². The van der Waals surface area contributed by atoms with Crippen molar-refractivity contribution in [2.75, 3.05) is 0 Å². The molecule has 2 N–H and O–H groups in total. The lowest BCUT2D eigenvalue weighted by Gasteiger charge is -2.10. The lowest BCUT2D eigenvalue weighted by atomic mass is 10.1. The maximum atomic E-state index is 12.6. The maximum Gasteiger partial charge on any atom is 0.321 e. The van der Waals surface area contributed by atoms with Crippen LogP contribution in [0.3, 0.4) is 0 Å². The molecule has 180 valence electrons. The number of carboxylic acids is 1. The molecule has 1 aromatic heterocycles. The van der Waals surface area contributed by atoms with E-state index in [1.807, 2.05) is 24.3 Å². The van der Waals surface area contributed by atoms with E-state index in [0.717, 1.165) is 38.7 Å². The van der Waals surface area contributed by atoms with Gasteiger partial charge in [0.1, 0.15) is 11.0 Å². The molecule has 4 aromatic rings.